The van der Waals surface area contributed by atoms with Gasteiger partial charge in [-0.05, 0) is 58.3 Å². The minimum Gasteiger partial charge on any atom is -0.573 e. The number of nitrogens with zero attached hydrogens (tertiary/aromatic N) is 6. The first-order valence-electron chi connectivity index (χ1n) is 11.8. The van der Waals surface area contributed by atoms with Gasteiger partial charge in [0.2, 0.25) is 0 Å². The SMILES string of the molecule is CC(C)(C)c1ccncc1.[Pt+2].c1ccc(-c2cc(-c3cccc(-c4[n-]nc5ccccc45)n3)[n-]n2)cc1. The second kappa shape index (κ2) is 11.4. The van der Waals surface area contributed by atoms with Crippen molar-refractivity contribution in [3.8, 4) is 34.0 Å². The Morgan fingerprint density at radius 1 is 0.649 bits per heavy atom. The molecular formula is C30H26N6Pt. The average Bonchev–Trinajstić information content (AvgIpc) is 3.58. The quantitative estimate of drug-likeness (QED) is 0.220. The van der Waals surface area contributed by atoms with Crippen LogP contribution < -0.4 is 10.2 Å². The smallest absolute Gasteiger partial charge is 0.573 e. The van der Waals surface area contributed by atoms with E-state index in [1.807, 2.05) is 91.3 Å². The van der Waals surface area contributed by atoms with Crippen molar-refractivity contribution in [3.05, 3.63) is 109 Å². The van der Waals surface area contributed by atoms with Gasteiger partial charge < -0.3 is 20.4 Å². The fourth-order valence-corrected chi connectivity index (χ4v) is 3.84. The molecule has 0 spiro atoms. The van der Waals surface area contributed by atoms with Crippen LogP contribution in [-0.4, -0.2) is 20.2 Å². The van der Waals surface area contributed by atoms with Crippen molar-refractivity contribution in [1.82, 2.24) is 30.4 Å². The Hall–Kier alpha value is -3.89. The molecule has 0 radical (unpaired) electrons. The Bertz CT molecular complexity index is 1570. The molecule has 0 fully saturated rings. The van der Waals surface area contributed by atoms with Gasteiger partial charge in [0.25, 0.3) is 0 Å². The summed E-state index contributed by atoms with van der Waals surface area (Å²) in [5.74, 6) is 0. The van der Waals surface area contributed by atoms with Crippen LogP contribution in [0.4, 0.5) is 0 Å². The predicted molar refractivity (Wildman–Crippen MR) is 143 cm³/mol. The largest absolute Gasteiger partial charge is 2.00 e. The average molecular weight is 666 g/mol. The molecule has 6 rings (SSSR count). The van der Waals surface area contributed by atoms with Gasteiger partial charge in [0.05, 0.1) is 11.4 Å². The summed E-state index contributed by atoms with van der Waals surface area (Å²) in [5, 5.41) is 18.1. The molecule has 4 heterocycles. The van der Waals surface area contributed by atoms with Gasteiger partial charge in [-0.2, -0.15) is 0 Å². The van der Waals surface area contributed by atoms with E-state index in [0.29, 0.717) is 0 Å². The van der Waals surface area contributed by atoms with Crippen LogP contribution >= 0.6 is 0 Å². The van der Waals surface area contributed by atoms with E-state index in [2.05, 4.69) is 58.3 Å². The maximum atomic E-state index is 4.74. The van der Waals surface area contributed by atoms with Crippen LogP contribution in [0.2, 0.25) is 0 Å². The van der Waals surface area contributed by atoms with E-state index in [1.54, 1.807) is 0 Å². The fraction of sp³-hybridized carbons (Fsp3) is 0.133. The predicted octanol–water partition coefficient (Wildman–Crippen LogP) is 6.32. The Morgan fingerprint density at radius 2 is 1.35 bits per heavy atom. The molecule has 0 unspecified atom stereocenters. The van der Waals surface area contributed by atoms with Crippen molar-refractivity contribution in [2.45, 2.75) is 26.2 Å². The number of fused-ring (bicyclic) bond motifs is 1. The molecule has 0 N–H and O–H groups in total. The molecule has 0 aliphatic carbocycles. The normalized spacial score (nSPS) is 10.9. The van der Waals surface area contributed by atoms with E-state index in [4.69, 9.17) is 4.98 Å². The molecule has 0 atom stereocenters. The van der Waals surface area contributed by atoms with E-state index in [9.17, 15) is 0 Å². The standard InChI is InChI=1S/C21H13N5.C9H13N.Pt/c1-2-7-14(8-3-1)19-13-20(25-24-19)17-11-6-12-18(22-17)21-15-9-4-5-10-16(15)23-26-21;1-9(2,3)8-4-6-10-7-5-8;/h1-13H;4-7H,1-3H3;/q-2;;+2. The molecule has 0 amide bonds. The fourth-order valence-electron chi connectivity index (χ4n) is 3.84. The van der Waals surface area contributed by atoms with Crippen LogP contribution in [0.3, 0.4) is 0 Å². The van der Waals surface area contributed by atoms with E-state index >= 15 is 0 Å². The zero-order valence-corrected chi connectivity index (χ0v) is 23.1. The first-order valence-corrected chi connectivity index (χ1v) is 11.8. The summed E-state index contributed by atoms with van der Waals surface area (Å²) < 4.78 is 0. The summed E-state index contributed by atoms with van der Waals surface area (Å²) in [6.07, 6.45) is 3.67. The van der Waals surface area contributed by atoms with Crippen molar-refractivity contribution in [3.63, 3.8) is 0 Å². The van der Waals surface area contributed by atoms with E-state index in [-0.39, 0.29) is 26.5 Å². The van der Waals surface area contributed by atoms with Crippen LogP contribution in [0.15, 0.2) is 103 Å². The maximum Gasteiger partial charge on any atom is 2.00 e. The topological polar surface area (TPSA) is 79.8 Å². The van der Waals surface area contributed by atoms with E-state index in [1.165, 1.54) is 5.56 Å². The van der Waals surface area contributed by atoms with Gasteiger partial charge in [-0.15, -0.1) is 0 Å². The minimum atomic E-state index is 0. The van der Waals surface area contributed by atoms with Crippen molar-refractivity contribution in [1.29, 1.82) is 0 Å². The monoisotopic (exact) mass is 665 g/mol. The van der Waals surface area contributed by atoms with Gasteiger partial charge in [-0.3, -0.25) is 9.97 Å². The van der Waals surface area contributed by atoms with Crippen molar-refractivity contribution >= 4 is 10.9 Å². The molecule has 0 saturated heterocycles. The molecule has 0 bridgehead atoms. The number of benzene rings is 2. The van der Waals surface area contributed by atoms with Crippen molar-refractivity contribution < 1.29 is 21.1 Å². The molecule has 0 aliphatic heterocycles. The second-order valence-electron chi connectivity index (χ2n) is 9.44. The van der Waals surface area contributed by atoms with Crippen LogP contribution in [0.5, 0.6) is 0 Å². The molecule has 186 valence electrons. The van der Waals surface area contributed by atoms with Crippen molar-refractivity contribution in [2.24, 2.45) is 0 Å². The van der Waals surface area contributed by atoms with Crippen LogP contribution in [0, 0.1) is 0 Å². The first-order chi connectivity index (χ1) is 17.5. The van der Waals surface area contributed by atoms with E-state index < -0.39 is 0 Å². The second-order valence-corrected chi connectivity index (χ2v) is 9.44. The Kier molecular flexibility index (Phi) is 8.10. The number of hydrogen-bond acceptors (Lipinski definition) is 4. The van der Waals surface area contributed by atoms with Gasteiger partial charge >= 0.3 is 21.1 Å². The van der Waals surface area contributed by atoms with Gasteiger partial charge in [0.1, 0.15) is 0 Å². The molecule has 4 aromatic heterocycles. The number of hydrogen-bond donors (Lipinski definition) is 0. The third-order valence-electron chi connectivity index (χ3n) is 5.83. The zero-order valence-electron chi connectivity index (χ0n) is 20.8. The molecular weight excluding hydrogens is 639 g/mol. The molecule has 0 aliphatic rings. The molecule has 2 aromatic carbocycles. The van der Waals surface area contributed by atoms with Gasteiger partial charge in [-0.1, -0.05) is 86.8 Å². The molecule has 6 nitrogen and oxygen atoms in total. The number of aromatic nitrogens is 6. The maximum absolute atomic E-state index is 4.74. The third-order valence-corrected chi connectivity index (χ3v) is 5.83. The van der Waals surface area contributed by atoms with Crippen LogP contribution in [-0.2, 0) is 26.5 Å². The Labute approximate surface area is 230 Å². The number of pyridine rings is 2. The van der Waals surface area contributed by atoms with Gasteiger partial charge in [0.15, 0.2) is 0 Å². The summed E-state index contributed by atoms with van der Waals surface area (Å²) in [7, 11) is 0. The Balaban J connectivity index is 0.000000248. The Morgan fingerprint density at radius 3 is 2.08 bits per heavy atom. The van der Waals surface area contributed by atoms with Gasteiger partial charge in [-0.25, -0.2) is 0 Å². The minimum absolute atomic E-state index is 0. The molecule has 6 aromatic rings. The summed E-state index contributed by atoms with van der Waals surface area (Å²) in [5.41, 5.74) is 7.41. The number of rotatable bonds is 3. The van der Waals surface area contributed by atoms with Gasteiger partial charge in [0, 0.05) is 23.6 Å². The van der Waals surface area contributed by atoms with Crippen LogP contribution in [0.1, 0.15) is 26.3 Å². The summed E-state index contributed by atoms with van der Waals surface area (Å²) in [4.78, 5) is 8.70. The van der Waals surface area contributed by atoms with Crippen molar-refractivity contribution in [2.75, 3.05) is 0 Å². The first kappa shape index (κ1) is 26.2. The third kappa shape index (κ3) is 6.09. The molecule has 37 heavy (non-hydrogen) atoms. The molecule has 7 heteroatoms. The summed E-state index contributed by atoms with van der Waals surface area (Å²) in [6.45, 7) is 6.59. The summed E-state index contributed by atoms with van der Waals surface area (Å²) in [6, 6.07) is 29.8. The van der Waals surface area contributed by atoms with E-state index in [0.717, 1.165) is 44.9 Å². The zero-order chi connectivity index (χ0) is 25.0. The summed E-state index contributed by atoms with van der Waals surface area (Å²) >= 11 is 0. The van der Waals surface area contributed by atoms with Crippen LogP contribution in [0.25, 0.3) is 44.9 Å². The molecule has 0 saturated carbocycles.